The third-order valence-corrected chi connectivity index (χ3v) is 14.1. The standard InChI is InChI=1S/C53H45N5.C2H6/c1-3-16-34(17-4-1)55-44-24-11-9-22-38(44)42-33-49-43(32-48(42)55)39-23-10-13-26-46(39)57(49)50-28-15-29-51(54-50)58-47-27-14-8-21-37(47)41-31-30-40-36-20-7-12-25-45(36)56(52(40)53(41)58)35-18-5-2-6-19-35;1-2/h7-15,20-35H,1-6,16-19H2;1-2H3. The van der Waals surface area contributed by atoms with Crippen LogP contribution >= 0.6 is 0 Å². The molecule has 11 aromatic rings. The minimum Gasteiger partial charge on any atom is -0.337 e. The van der Waals surface area contributed by atoms with Crippen molar-refractivity contribution in [3.8, 4) is 11.6 Å². The first-order chi connectivity index (χ1) is 29.8. The number of nitrogens with zero attached hydrogens (tertiary/aromatic N) is 5. The smallest absolute Gasteiger partial charge is 0.140 e. The molecule has 0 amide bonds. The van der Waals surface area contributed by atoms with E-state index in [9.17, 15) is 0 Å². The number of para-hydroxylation sites is 4. The Morgan fingerprint density at radius 1 is 0.350 bits per heavy atom. The van der Waals surface area contributed by atoms with Gasteiger partial charge in [-0.25, -0.2) is 4.98 Å². The lowest BCUT2D eigenvalue weighted by Crippen LogP contribution is -2.13. The molecule has 0 bridgehead atoms. The predicted octanol–water partition coefficient (Wildman–Crippen LogP) is 15.5. The maximum atomic E-state index is 5.69. The monoisotopic (exact) mass is 781 g/mol. The second-order valence-corrected chi connectivity index (χ2v) is 17.2. The number of rotatable bonds is 4. The minimum atomic E-state index is 0.478. The number of pyridine rings is 1. The van der Waals surface area contributed by atoms with Crippen LogP contribution in [-0.4, -0.2) is 23.3 Å². The van der Waals surface area contributed by atoms with E-state index in [1.165, 1.54) is 151 Å². The molecule has 5 heteroatoms. The molecular weight excluding hydrogens is 731 g/mol. The van der Waals surface area contributed by atoms with Crippen LogP contribution in [0.1, 0.15) is 90.1 Å². The molecule has 2 fully saturated rings. The highest BCUT2D eigenvalue weighted by atomic mass is 15.1. The van der Waals surface area contributed by atoms with E-state index >= 15 is 0 Å². The summed E-state index contributed by atoms with van der Waals surface area (Å²) in [5.41, 5.74) is 10.2. The van der Waals surface area contributed by atoms with Crippen molar-refractivity contribution >= 4 is 87.2 Å². The van der Waals surface area contributed by atoms with Gasteiger partial charge in [-0.1, -0.05) is 143 Å². The van der Waals surface area contributed by atoms with E-state index in [0.717, 1.165) is 11.6 Å². The molecular formula is C55H51N5. The molecule has 2 saturated carbocycles. The maximum absolute atomic E-state index is 5.69. The number of fused-ring (bicyclic) bond motifs is 13. The molecule has 0 N–H and O–H groups in total. The summed E-state index contributed by atoms with van der Waals surface area (Å²) >= 11 is 0. The second kappa shape index (κ2) is 14.2. The van der Waals surface area contributed by atoms with Crippen LogP contribution in [0.15, 0.2) is 140 Å². The molecule has 0 spiro atoms. The summed E-state index contributed by atoms with van der Waals surface area (Å²) in [6, 6.07) is 53.3. The van der Waals surface area contributed by atoms with E-state index in [1.54, 1.807) is 0 Å². The molecule has 0 unspecified atom stereocenters. The van der Waals surface area contributed by atoms with Crippen molar-refractivity contribution in [2.75, 3.05) is 0 Å². The van der Waals surface area contributed by atoms with Gasteiger partial charge in [0.2, 0.25) is 0 Å². The average molecular weight is 782 g/mol. The molecule has 5 nitrogen and oxygen atoms in total. The van der Waals surface area contributed by atoms with Gasteiger partial charge in [0.1, 0.15) is 11.6 Å². The van der Waals surface area contributed by atoms with Crippen molar-refractivity contribution in [2.24, 2.45) is 0 Å². The Morgan fingerprint density at radius 2 is 0.783 bits per heavy atom. The van der Waals surface area contributed by atoms with E-state index in [0.29, 0.717) is 12.1 Å². The zero-order valence-electron chi connectivity index (χ0n) is 34.7. The van der Waals surface area contributed by atoms with Gasteiger partial charge in [-0.15, -0.1) is 0 Å². The summed E-state index contributed by atoms with van der Waals surface area (Å²) in [4.78, 5) is 5.69. The lowest BCUT2D eigenvalue weighted by atomic mass is 9.95. The van der Waals surface area contributed by atoms with Crippen molar-refractivity contribution in [2.45, 2.75) is 90.1 Å². The lowest BCUT2D eigenvalue weighted by molar-refractivity contribution is 0.367. The number of aromatic nitrogens is 5. The molecule has 0 saturated heterocycles. The molecule has 60 heavy (non-hydrogen) atoms. The van der Waals surface area contributed by atoms with Gasteiger partial charge in [-0.3, -0.25) is 9.13 Å². The van der Waals surface area contributed by atoms with E-state index in [1.807, 2.05) is 13.8 Å². The molecule has 296 valence electrons. The van der Waals surface area contributed by atoms with Crippen molar-refractivity contribution in [1.29, 1.82) is 0 Å². The molecule has 2 aliphatic carbocycles. The Morgan fingerprint density at radius 3 is 1.42 bits per heavy atom. The quantitative estimate of drug-likeness (QED) is 0.175. The molecule has 13 rings (SSSR count). The van der Waals surface area contributed by atoms with Gasteiger partial charge in [-0.2, -0.15) is 0 Å². The summed E-state index contributed by atoms with van der Waals surface area (Å²) in [7, 11) is 0. The second-order valence-electron chi connectivity index (χ2n) is 17.2. The van der Waals surface area contributed by atoms with Gasteiger partial charge in [0.05, 0.1) is 33.1 Å². The summed E-state index contributed by atoms with van der Waals surface area (Å²) in [5.74, 6) is 1.88. The number of benzene rings is 6. The van der Waals surface area contributed by atoms with Crippen molar-refractivity contribution in [3.05, 3.63) is 140 Å². The SMILES string of the molecule is CC.c1cc(-n2c3ccccc3c3cc4c(cc32)c2ccccc2n4C2CCCCC2)nc(-n2c3ccccc3c3ccc4c5ccccc5n(C5CCCCC5)c4c32)c1. The largest absolute Gasteiger partial charge is 0.337 e. The molecule has 0 atom stereocenters. The van der Waals surface area contributed by atoms with E-state index in [-0.39, 0.29) is 0 Å². The Kier molecular flexibility index (Phi) is 8.40. The normalized spacial score (nSPS) is 15.7. The Balaban J connectivity index is 0.00000191. The Labute approximate surface area is 350 Å². The Bertz CT molecular complexity index is 3430. The van der Waals surface area contributed by atoms with Crippen LogP contribution in [0.4, 0.5) is 0 Å². The highest BCUT2D eigenvalue weighted by Gasteiger charge is 2.27. The van der Waals surface area contributed by atoms with Gasteiger partial charge >= 0.3 is 0 Å². The summed E-state index contributed by atoms with van der Waals surface area (Å²) < 4.78 is 10.3. The lowest BCUT2D eigenvalue weighted by Gasteiger charge is -2.25. The zero-order valence-corrected chi connectivity index (χ0v) is 34.7. The predicted molar refractivity (Wildman–Crippen MR) is 255 cm³/mol. The van der Waals surface area contributed by atoms with Crippen LogP contribution in [0, 0.1) is 0 Å². The van der Waals surface area contributed by atoms with Crippen molar-refractivity contribution in [3.63, 3.8) is 0 Å². The van der Waals surface area contributed by atoms with Gasteiger partial charge in [0, 0.05) is 66.2 Å². The van der Waals surface area contributed by atoms with Gasteiger partial charge in [0.15, 0.2) is 0 Å². The minimum absolute atomic E-state index is 0.478. The first kappa shape index (κ1) is 35.6. The molecule has 5 heterocycles. The fraction of sp³-hybridized carbons (Fsp3) is 0.255. The fourth-order valence-corrected chi connectivity index (χ4v) is 11.6. The highest BCUT2D eigenvalue weighted by molar-refractivity contribution is 6.23. The third-order valence-electron chi connectivity index (χ3n) is 14.1. The van der Waals surface area contributed by atoms with Gasteiger partial charge in [-0.05, 0) is 74.2 Å². The number of hydrogen-bond donors (Lipinski definition) is 0. The first-order valence-electron chi connectivity index (χ1n) is 22.7. The zero-order chi connectivity index (χ0) is 39.9. The summed E-state index contributed by atoms with van der Waals surface area (Å²) in [5, 5.41) is 10.4. The first-order valence-corrected chi connectivity index (χ1v) is 22.7. The molecule has 6 aromatic carbocycles. The van der Waals surface area contributed by atoms with Crippen LogP contribution in [0.3, 0.4) is 0 Å². The van der Waals surface area contributed by atoms with Gasteiger partial charge in [0.25, 0.3) is 0 Å². The number of hydrogen-bond acceptors (Lipinski definition) is 1. The fourth-order valence-electron chi connectivity index (χ4n) is 11.6. The van der Waals surface area contributed by atoms with E-state index in [4.69, 9.17) is 4.98 Å². The van der Waals surface area contributed by atoms with Crippen LogP contribution in [0.25, 0.3) is 98.9 Å². The highest BCUT2D eigenvalue weighted by Crippen LogP contribution is 2.45. The van der Waals surface area contributed by atoms with E-state index < -0.39 is 0 Å². The van der Waals surface area contributed by atoms with Crippen LogP contribution in [0.2, 0.25) is 0 Å². The molecule has 5 aromatic heterocycles. The molecule has 2 aliphatic rings. The van der Waals surface area contributed by atoms with Crippen LogP contribution < -0.4 is 0 Å². The molecule has 0 radical (unpaired) electrons. The van der Waals surface area contributed by atoms with Crippen molar-refractivity contribution in [1.82, 2.24) is 23.3 Å². The van der Waals surface area contributed by atoms with Gasteiger partial charge < -0.3 is 9.13 Å². The maximum Gasteiger partial charge on any atom is 0.140 e. The summed E-state index contributed by atoms with van der Waals surface area (Å²) in [6.07, 6.45) is 12.8. The van der Waals surface area contributed by atoms with Crippen LogP contribution in [-0.2, 0) is 0 Å². The third kappa shape index (κ3) is 5.14. The molecule has 0 aliphatic heterocycles. The van der Waals surface area contributed by atoms with E-state index in [2.05, 4.69) is 158 Å². The average Bonchev–Trinajstić information content (AvgIpc) is 4.04. The Hall–Kier alpha value is -6.33. The summed E-state index contributed by atoms with van der Waals surface area (Å²) in [6.45, 7) is 4.00. The van der Waals surface area contributed by atoms with Crippen LogP contribution in [0.5, 0.6) is 0 Å². The van der Waals surface area contributed by atoms with Crippen molar-refractivity contribution < 1.29 is 0 Å². The topological polar surface area (TPSA) is 32.6 Å².